The lowest BCUT2D eigenvalue weighted by Crippen LogP contribution is -2.23. The molecule has 0 aliphatic carbocycles. The molecular formula is C20H24F2N4O3. The maximum absolute atomic E-state index is 12.4. The Morgan fingerprint density at radius 1 is 1.21 bits per heavy atom. The number of rotatable bonds is 10. The predicted molar refractivity (Wildman–Crippen MR) is 104 cm³/mol. The van der Waals surface area contributed by atoms with Gasteiger partial charge in [-0.2, -0.15) is 0 Å². The van der Waals surface area contributed by atoms with E-state index in [1.54, 1.807) is 12.1 Å². The fourth-order valence-electron chi connectivity index (χ4n) is 2.53. The van der Waals surface area contributed by atoms with Crippen molar-refractivity contribution in [1.82, 2.24) is 15.3 Å². The van der Waals surface area contributed by atoms with Crippen molar-refractivity contribution in [3.63, 3.8) is 0 Å². The summed E-state index contributed by atoms with van der Waals surface area (Å²) in [5, 5.41) is 5.41. The van der Waals surface area contributed by atoms with E-state index in [2.05, 4.69) is 20.6 Å². The number of pyridine rings is 2. The number of nitrogens with one attached hydrogen (secondary N) is 2. The van der Waals surface area contributed by atoms with Crippen LogP contribution in [0.2, 0.25) is 0 Å². The largest absolute Gasteiger partial charge is 0.471 e. The van der Waals surface area contributed by atoms with Crippen molar-refractivity contribution >= 4 is 17.6 Å². The molecule has 2 rings (SSSR count). The Bertz CT molecular complexity index is 846. The van der Waals surface area contributed by atoms with Gasteiger partial charge in [0.25, 0.3) is 12.3 Å². The number of aryl methyl sites for hydroxylation is 1. The number of halogens is 2. The first kappa shape index (κ1) is 22.2. The molecule has 156 valence electrons. The summed E-state index contributed by atoms with van der Waals surface area (Å²) in [7, 11) is 0. The third-order valence-electron chi connectivity index (χ3n) is 3.93. The minimum absolute atomic E-state index is 0.162. The Kier molecular flexibility index (Phi) is 8.45. The lowest BCUT2D eigenvalue weighted by atomic mass is 10.1. The van der Waals surface area contributed by atoms with E-state index in [9.17, 15) is 18.4 Å². The van der Waals surface area contributed by atoms with Gasteiger partial charge in [0.15, 0.2) is 6.61 Å². The van der Waals surface area contributed by atoms with Crippen molar-refractivity contribution in [3.8, 4) is 5.88 Å². The molecule has 7 nitrogen and oxygen atoms in total. The van der Waals surface area contributed by atoms with Gasteiger partial charge in [0, 0.05) is 36.5 Å². The van der Waals surface area contributed by atoms with E-state index >= 15 is 0 Å². The molecule has 0 fully saturated rings. The monoisotopic (exact) mass is 406 g/mol. The number of alkyl halides is 2. The molecule has 0 atom stereocenters. The van der Waals surface area contributed by atoms with Gasteiger partial charge in [-0.3, -0.25) is 9.59 Å². The summed E-state index contributed by atoms with van der Waals surface area (Å²) >= 11 is 0. The molecule has 9 heteroatoms. The molecule has 2 aromatic rings. The van der Waals surface area contributed by atoms with Gasteiger partial charge >= 0.3 is 0 Å². The van der Waals surface area contributed by atoms with Crippen LogP contribution in [0.15, 0.2) is 30.6 Å². The topological polar surface area (TPSA) is 93.2 Å². The highest BCUT2D eigenvalue weighted by Crippen LogP contribution is 2.18. The molecule has 29 heavy (non-hydrogen) atoms. The summed E-state index contributed by atoms with van der Waals surface area (Å²) < 4.78 is 29.6. The van der Waals surface area contributed by atoms with Crippen molar-refractivity contribution in [2.45, 2.75) is 46.1 Å². The van der Waals surface area contributed by atoms with Crippen LogP contribution in [0.4, 0.5) is 14.6 Å². The summed E-state index contributed by atoms with van der Waals surface area (Å²) in [6.45, 7) is 3.25. The van der Waals surface area contributed by atoms with Crippen LogP contribution in [0.25, 0.3) is 0 Å². The molecule has 0 saturated heterocycles. The van der Waals surface area contributed by atoms with Gasteiger partial charge in [-0.25, -0.2) is 18.7 Å². The van der Waals surface area contributed by atoms with Crippen LogP contribution in [0.1, 0.15) is 48.2 Å². The number of aromatic nitrogens is 2. The number of hydrogen-bond acceptors (Lipinski definition) is 5. The highest BCUT2D eigenvalue weighted by atomic mass is 19.3. The lowest BCUT2D eigenvalue weighted by molar-refractivity contribution is -0.116. The molecule has 0 saturated carbocycles. The minimum Gasteiger partial charge on any atom is -0.471 e. The third-order valence-corrected chi connectivity index (χ3v) is 3.93. The molecule has 2 aromatic heterocycles. The smallest absolute Gasteiger partial charge is 0.272 e. The fourth-order valence-corrected chi connectivity index (χ4v) is 2.53. The number of carbonyl (C=O) groups is 2. The molecule has 2 heterocycles. The fraction of sp³-hybridized carbons (Fsp3) is 0.400. The summed E-state index contributed by atoms with van der Waals surface area (Å²) in [6, 6.07) is 4.80. The predicted octanol–water partition coefficient (Wildman–Crippen LogP) is 3.35. The quantitative estimate of drug-likeness (QED) is 0.631. The number of hydrogen-bond donors (Lipinski definition) is 2. The van der Waals surface area contributed by atoms with E-state index in [4.69, 9.17) is 4.74 Å². The van der Waals surface area contributed by atoms with Crippen LogP contribution in [0.3, 0.4) is 0 Å². The first-order valence-electron chi connectivity index (χ1n) is 9.35. The second-order valence-electron chi connectivity index (χ2n) is 6.27. The Hall–Kier alpha value is -3.10. The Morgan fingerprint density at radius 3 is 2.69 bits per heavy atom. The molecule has 0 bridgehead atoms. The van der Waals surface area contributed by atoms with Gasteiger partial charge < -0.3 is 15.4 Å². The van der Waals surface area contributed by atoms with Gasteiger partial charge in [0.1, 0.15) is 5.82 Å². The Balaban J connectivity index is 1.99. The van der Waals surface area contributed by atoms with E-state index in [-0.39, 0.29) is 24.2 Å². The summed E-state index contributed by atoms with van der Waals surface area (Å²) in [5.41, 5.74) is 1.75. The van der Waals surface area contributed by atoms with Gasteiger partial charge in [-0.15, -0.1) is 0 Å². The second kappa shape index (κ2) is 11.0. The normalized spacial score (nSPS) is 10.7. The lowest BCUT2D eigenvalue weighted by Gasteiger charge is -2.11. The number of ether oxygens (including phenoxy) is 1. The Morgan fingerprint density at radius 2 is 2.00 bits per heavy atom. The molecular weight excluding hydrogens is 382 g/mol. The molecule has 0 aromatic carbocycles. The zero-order valence-electron chi connectivity index (χ0n) is 16.4. The van der Waals surface area contributed by atoms with Crippen LogP contribution in [0.5, 0.6) is 5.88 Å². The van der Waals surface area contributed by atoms with Crippen LogP contribution < -0.4 is 15.4 Å². The van der Waals surface area contributed by atoms with E-state index in [1.165, 1.54) is 18.5 Å². The highest BCUT2D eigenvalue weighted by Gasteiger charge is 2.12. The Labute approximate surface area is 167 Å². The first-order valence-corrected chi connectivity index (χ1v) is 9.35. The third kappa shape index (κ3) is 7.10. The van der Waals surface area contributed by atoms with Crippen LogP contribution in [-0.4, -0.2) is 34.8 Å². The molecule has 2 amide bonds. The van der Waals surface area contributed by atoms with Crippen molar-refractivity contribution in [2.75, 3.05) is 11.9 Å². The van der Waals surface area contributed by atoms with Crippen LogP contribution in [0, 0.1) is 0 Å². The van der Waals surface area contributed by atoms with Crippen molar-refractivity contribution < 1.29 is 23.1 Å². The number of amides is 2. The zero-order valence-corrected chi connectivity index (χ0v) is 16.4. The van der Waals surface area contributed by atoms with Gasteiger partial charge in [-0.05, 0) is 36.6 Å². The molecule has 0 aliphatic heterocycles. The van der Waals surface area contributed by atoms with Gasteiger partial charge in [-0.1, -0.05) is 13.8 Å². The van der Waals surface area contributed by atoms with Gasteiger partial charge in [0.2, 0.25) is 11.8 Å². The van der Waals surface area contributed by atoms with Gasteiger partial charge in [0.05, 0.1) is 0 Å². The van der Waals surface area contributed by atoms with E-state index in [1.807, 2.05) is 13.8 Å². The summed E-state index contributed by atoms with van der Waals surface area (Å²) in [5.74, 6) is -0.0182. The maximum Gasteiger partial charge on any atom is 0.272 e. The number of carbonyl (C=O) groups excluding carboxylic acids is 2. The SMILES string of the molecule is CCCC(=O)Nc1cc(C(=O)NCc2cnc(OCC(F)F)c(CC)c2)ccn1. The first-order chi connectivity index (χ1) is 13.9. The standard InChI is InChI=1S/C20H24F2N4O3/c1-3-5-18(27)26-17-9-15(6-7-23-17)19(28)24-10-13-8-14(4-2)20(25-11-13)29-12-16(21)22/h6-9,11,16H,3-5,10,12H2,1-2H3,(H,24,28)(H,23,26,27). The number of anilines is 1. The molecule has 0 unspecified atom stereocenters. The average molecular weight is 406 g/mol. The second-order valence-corrected chi connectivity index (χ2v) is 6.27. The molecule has 0 spiro atoms. The van der Waals surface area contributed by atoms with E-state index in [0.29, 0.717) is 41.8 Å². The summed E-state index contributed by atoms with van der Waals surface area (Å²) in [6.07, 6.45) is 2.00. The highest BCUT2D eigenvalue weighted by molar-refractivity contribution is 5.96. The van der Waals surface area contributed by atoms with E-state index in [0.717, 1.165) is 0 Å². The van der Waals surface area contributed by atoms with Crippen LogP contribution in [-0.2, 0) is 17.8 Å². The van der Waals surface area contributed by atoms with Crippen molar-refractivity contribution in [1.29, 1.82) is 0 Å². The average Bonchev–Trinajstić information content (AvgIpc) is 2.70. The van der Waals surface area contributed by atoms with Crippen molar-refractivity contribution in [3.05, 3.63) is 47.3 Å². The van der Waals surface area contributed by atoms with Crippen LogP contribution >= 0.6 is 0 Å². The summed E-state index contributed by atoms with van der Waals surface area (Å²) in [4.78, 5) is 32.2. The molecule has 0 aliphatic rings. The van der Waals surface area contributed by atoms with Crippen molar-refractivity contribution in [2.24, 2.45) is 0 Å². The molecule has 0 radical (unpaired) electrons. The zero-order chi connectivity index (χ0) is 21.2. The van der Waals surface area contributed by atoms with E-state index < -0.39 is 13.0 Å². The minimum atomic E-state index is -2.57. The molecule has 2 N–H and O–H groups in total. The maximum atomic E-state index is 12.4. The number of nitrogens with zero attached hydrogens (tertiary/aromatic N) is 2.